The third kappa shape index (κ3) is 3.41. The summed E-state index contributed by atoms with van der Waals surface area (Å²) < 4.78 is 23.3. The maximum absolute atomic E-state index is 11.0. The fourth-order valence-corrected chi connectivity index (χ4v) is 1.82. The van der Waals surface area contributed by atoms with Crippen molar-refractivity contribution in [1.82, 2.24) is 14.8 Å². The molecule has 0 radical (unpaired) electrons. The molecule has 1 aromatic carbocycles. The van der Waals surface area contributed by atoms with Crippen molar-refractivity contribution in [1.29, 1.82) is 0 Å². The average molecular weight is 284 g/mol. The number of hydrogen-bond acceptors (Lipinski definition) is 4. The van der Waals surface area contributed by atoms with Crippen molar-refractivity contribution in [3.8, 4) is 11.4 Å². The Labute approximate surface area is 110 Å². The lowest BCUT2D eigenvalue weighted by Gasteiger charge is -1.95. The smallest absolute Gasteiger partial charge is 0.181 e. The third-order valence-corrected chi connectivity index (χ3v) is 2.90. The first-order chi connectivity index (χ1) is 8.44. The molecule has 0 bridgehead atoms. The summed E-state index contributed by atoms with van der Waals surface area (Å²) in [6.07, 6.45) is 3.87. The zero-order chi connectivity index (χ0) is 13.2. The highest BCUT2D eigenvalue weighted by Gasteiger charge is 2.03. The average Bonchev–Trinajstić information content (AvgIpc) is 2.74. The SMILES string of the molecule is CS(=O)(=O)/C=C/n1cnc(-c2cccc(Cl)c2)n1. The largest absolute Gasteiger partial charge is 0.227 e. The van der Waals surface area contributed by atoms with Gasteiger partial charge in [0.1, 0.15) is 6.33 Å². The van der Waals surface area contributed by atoms with E-state index in [1.807, 2.05) is 6.07 Å². The van der Waals surface area contributed by atoms with Crippen LogP contribution in [0.1, 0.15) is 0 Å². The molecule has 0 unspecified atom stereocenters. The van der Waals surface area contributed by atoms with Gasteiger partial charge in [0.05, 0.1) is 0 Å². The van der Waals surface area contributed by atoms with Gasteiger partial charge in [-0.3, -0.25) is 0 Å². The van der Waals surface area contributed by atoms with Crippen LogP contribution in [-0.4, -0.2) is 29.4 Å². The van der Waals surface area contributed by atoms with E-state index in [0.29, 0.717) is 10.8 Å². The highest BCUT2D eigenvalue weighted by molar-refractivity contribution is 7.93. The van der Waals surface area contributed by atoms with E-state index in [1.165, 1.54) is 17.2 Å². The normalized spacial score (nSPS) is 12.1. The van der Waals surface area contributed by atoms with Crippen LogP contribution in [-0.2, 0) is 9.84 Å². The standard InChI is InChI=1S/C11H10ClN3O2S/c1-18(16,17)6-5-15-8-13-11(14-15)9-3-2-4-10(12)7-9/h2-8H,1H3/b6-5+. The van der Waals surface area contributed by atoms with Crippen molar-refractivity contribution in [3.63, 3.8) is 0 Å². The molecule has 0 N–H and O–H groups in total. The molecular weight excluding hydrogens is 274 g/mol. The molecular formula is C11H10ClN3O2S. The molecule has 2 rings (SSSR count). The molecule has 1 aromatic heterocycles. The van der Waals surface area contributed by atoms with Gasteiger partial charge in [-0.05, 0) is 12.1 Å². The first-order valence-corrected chi connectivity index (χ1v) is 7.33. The number of hydrogen-bond donors (Lipinski definition) is 0. The molecule has 0 aliphatic carbocycles. The number of nitrogens with zero attached hydrogens (tertiary/aromatic N) is 3. The molecule has 7 heteroatoms. The minimum Gasteiger partial charge on any atom is -0.227 e. The fourth-order valence-electron chi connectivity index (χ4n) is 1.28. The second-order valence-corrected chi connectivity index (χ2v) is 6.04. The summed E-state index contributed by atoms with van der Waals surface area (Å²) in [5.74, 6) is 0.482. The molecule has 0 saturated heterocycles. The summed E-state index contributed by atoms with van der Waals surface area (Å²) in [6.45, 7) is 0. The van der Waals surface area contributed by atoms with Gasteiger partial charge in [0.25, 0.3) is 0 Å². The predicted octanol–water partition coefficient (Wildman–Crippen LogP) is 2.07. The summed E-state index contributed by atoms with van der Waals surface area (Å²) in [5.41, 5.74) is 0.772. The Morgan fingerprint density at radius 3 is 2.83 bits per heavy atom. The number of benzene rings is 1. The number of rotatable bonds is 3. The van der Waals surface area contributed by atoms with Gasteiger partial charge in [-0.1, -0.05) is 23.7 Å². The Kier molecular flexibility index (Phi) is 3.49. The third-order valence-electron chi connectivity index (χ3n) is 2.05. The second-order valence-electron chi connectivity index (χ2n) is 3.67. The van der Waals surface area contributed by atoms with Crippen LogP contribution >= 0.6 is 11.6 Å². The lowest BCUT2D eigenvalue weighted by atomic mass is 10.2. The molecule has 5 nitrogen and oxygen atoms in total. The van der Waals surface area contributed by atoms with E-state index in [2.05, 4.69) is 10.1 Å². The van der Waals surface area contributed by atoms with Crippen molar-refractivity contribution in [2.75, 3.05) is 6.26 Å². The topological polar surface area (TPSA) is 64.8 Å². The Morgan fingerprint density at radius 1 is 1.39 bits per heavy atom. The maximum atomic E-state index is 11.0. The fraction of sp³-hybridized carbons (Fsp3) is 0.0909. The van der Waals surface area contributed by atoms with Gasteiger partial charge in [0.15, 0.2) is 15.7 Å². The number of sulfone groups is 1. The van der Waals surface area contributed by atoms with E-state index in [4.69, 9.17) is 11.6 Å². The lowest BCUT2D eigenvalue weighted by molar-refractivity contribution is 0.610. The van der Waals surface area contributed by atoms with Crippen LogP contribution in [0.3, 0.4) is 0 Å². The van der Waals surface area contributed by atoms with E-state index in [-0.39, 0.29) is 0 Å². The molecule has 0 spiro atoms. The van der Waals surface area contributed by atoms with E-state index in [0.717, 1.165) is 17.2 Å². The molecule has 0 aliphatic heterocycles. The zero-order valence-corrected chi connectivity index (χ0v) is 11.1. The van der Waals surface area contributed by atoms with Gasteiger partial charge >= 0.3 is 0 Å². The quantitative estimate of drug-likeness (QED) is 0.865. The van der Waals surface area contributed by atoms with Crippen molar-refractivity contribution in [2.24, 2.45) is 0 Å². The van der Waals surface area contributed by atoms with Crippen LogP contribution in [0, 0.1) is 0 Å². The van der Waals surface area contributed by atoms with E-state index in [1.54, 1.807) is 18.2 Å². The van der Waals surface area contributed by atoms with Gasteiger partial charge in [-0.15, -0.1) is 5.10 Å². The molecule has 0 saturated carbocycles. The van der Waals surface area contributed by atoms with Crippen LogP contribution in [0.15, 0.2) is 36.0 Å². The van der Waals surface area contributed by atoms with Crippen LogP contribution in [0.25, 0.3) is 17.6 Å². The van der Waals surface area contributed by atoms with Crippen LogP contribution in [0.5, 0.6) is 0 Å². The molecule has 1 heterocycles. The number of aromatic nitrogens is 3. The van der Waals surface area contributed by atoms with Crippen LogP contribution < -0.4 is 0 Å². The molecule has 94 valence electrons. The van der Waals surface area contributed by atoms with Gasteiger partial charge in [0.2, 0.25) is 0 Å². The molecule has 0 fully saturated rings. The summed E-state index contributed by atoms with van der Waals surface area (Å²) in [5, 5.41) is 5.77. The minimum atomic E-state index is -3.17. The number of halogens is 1. The highest BCUT2D eigenvalue weighted by atomic mass is 35.5. The molecule has 2 aromatic rings. The summed E-state index contributed by atoms with van der Waals surface area (Å²) in [4.78, 5) is 4.08. The second kappa shape index (κ2) is 4.91. The van der Waals surface area contributed by atoms with Gasteiger partial charge in [0, 0.05) is 28.4 Å². The van der Waals surface area contributed by atoms with E-state index >= 15 is 0 Å². The molecule has 0 aliphatic rings. The predicted molar refractivity (Wildman–Crippen MR) is 70.6 cm³/mol. The highest BCUT2D eigenvalue weighted by Crippen LogP contribution is 2.18. The first kappa shape index (κ1) is 12.8. The summed E-state index contributed by atoms with van der Waals surface area (Å²) >= 11 is 5.87. The van der Waals surface area contributed by atoms with Gasteiger partial charge in [-0.25, -0.2) is 18.1 Å². The van der Waals surface area contributed by atoms with E-state index < -0.39 is 9.84 Å². The van der Waals surface area contributed by atoms with E-state index in [9.17, 15) is 8.42 Å². The minimum absolute atomic E-state index is 0.482. The van der Waals surface area contributed by atoms with Crippen molar-refractivity contribution in [2.45, 2.75) is 0 Å². The first-order valence-electron chi connectivity index (χ1n) is 4.99. The van der Waals surface area contributed by atoms with Crippen LogP contribution in [0.4, 0.5) is 0 Å². The Morgan fingerprint density at radius 2 is 2.17 bits per heavy atom. The molecule has 18 heavy (non-hydrogen) atoms. The lowest BCUT2D eigenvalue weighted by Crippen LogP contribution is -1.92. The summed E-state index contributed by atoms with van der Waals surface area (Å²) in [6, 6.07) is 7.11. The maximum Gasteiger partial charge on any atom is 0.181 e. The Balaban J connectivity index is 2.29. The monoisotopic (exact) mass is 283 g/mol. The molecule has 0 atom stereocenters. The van der Waals surface area contributed by atoms with Crippen molar-refractivity contribution < 1.29 is 8.42 Å². The van der Waals surface area contributed by atoms with Crippen LogP contribution in [0.2, 0.25) is 5.02 Å². The van der Waals surface area contributed by atoms with Crippen molar-refractivity contribution in [3.05, 3.63) is 41.0 Å². The summed E-state index contributed by atoms with van der Waals surface area (Å²) in [7, 11) is -3.17. The Bertz CT molecular complexity index is 692. The van der Waals surface area contributed by atoms with Crippen molar-refractivity contribution >= 4 is 27.6 Å². The van der Waals surface area contributed by atoms with Gasteiger partial charge in [-0.2, -0.15) is 0 Å². The zero-order valence-electron chi connectivity index (χ0n) is 9.49. The van der Waals surface area contributed by atoms with Gasteiger partial charge < -0.3 is 0 Å². The molecule has 0 amide bonds. The Hall–Kier alpha value is -1.66.